The summed E-state index contributed by atoms with van der Waals surface area (Å²) < 4.78 is 0. The molecule has 3 heteroatoms. The number of carbonyl (C=O) groups is 1. The molecule has 2 heterocycles. The highest BCUT2D eigenvalue weighted by molar-refractivity contribution is 5.82. The van der Waals surface area contributed by atoms with Crippen LogP contribution >= 0.6 is 0 Å². The fourth-order valence-corrected chi connectivity index (χ4v) is 2.66. The molecule has 2 aliphatic heterocycles. The molecule has 0 bridgehead atoms. The zero-order valence-electron chi connectivity index (χ0n) is 9.36. The van der Waals surface area contributed by atoms with Crippen molar-refractivity contribution in [1.82, 2.24) is 9.80 Å². The van der Waals surface area contributed by atoms with Crippen molar-refractivity contribution in [2.75, 3.05) is 20.1 Å². The quantitative estimate of drug-likeness (QED) is 0.576. The molecule has 0 unspecified atom stereocenters. The van der Waals surface area contributed by atoms with Crippen molar-refractivity contribution in [3.05, 3.63) is 0 Å². The second-order valence-corrected chi connectivity index (χ2v) is 4.82. The van der Waals surface area contributed by atoms with Crippen molar-refractivity contribution in [2.24, 2.45) is 5.92 Å². The first kappa shape index (κ1) is 9.97. The van der Waals surface area contributed by atoms with Gasteiger partial charge in [-0.15, -0.1) is 0 Å². The summed E-state index contributed by atoms with van der Waals surface area (Å²) in [4.78, 5) is 16.4. The van der Waals surface area contributed by atoms with Gasteiger partial charge >= 0.3 is 0 Å². The summed E-state index contributed by atoms with van der Waals surface area (Å²) in [6.45, 7) is 6.60. The van der Waals surface area contributed by atoms with Crippen LogP contribution < -0.4 is 0 Å². The fraction of sp³-hybridized carbons (Fsp3) is 0.909. The third-order valence-corrected chi connectivity index (χ3v) is 3.95. The lowest BCUT2D eigenvalue weighted by Gasteiger charge is -2.27. The van der Waals surface area contributed by atoms with Gasteiger partial charge in [0.2, 0.25) is 5.91 Å². The van der Waals surface area contributed by atoms with Gasteiger partial charge in [-0.3, -0.25) is 9.69 Å². The van der Waals surface area contributed by atoms with Gasteiger partial charge in [-0.1, -0.05) is 6.92 Å². The van der Waals surface area contributed by atoms with Crippen LogP contribution in [0.2, 0.25) is 0 Å². The fourth-order valence-electron chi connectivity index (χ4n) is 2.66. The Morgan fingerprint density at radius 3 is 2.79 bits per heavy atom. The molecule has 80 valence electrons. The van der Waals surface area contributed by atoms with E-state index in [0.29, 0.717) is 17.9 Å². The average Bonchev–Trinajstić information content (AvgIpc) is 2.59. The standard InChI is InChI=1S/C11H20N2O/c1-8-7-13-6-4-5-10(13)11(14)12(3)9(8)2/h8-10H,4-7H2,1-3H3/t8-,9-,10-/m0/s1. The van der Waals surface area contributed by atoms with Crippen molar-refractivity contribution in [1.29, 1.82) is 0 Å². The van der Waals surface area contributed by atoms with E-state index < -0.39 is 0 Å². The lowest BCUT2D eigenvalue weighted by molar-refractivity contribution is -0.134. The molecule has 0 saturated carbocycles. The Morgan fingerprint density at radius 2 is 2.07 bits per heavy atom. The summed E-state index contributed by atoms with van der Waals surface area (Å²) >= 11 is 0. The molecule has 0 spiro atoms. The normalized spacial score (nSPS) is 39.8. The maximum Gasteiger partial charge on any atom is 0.239 e. The average molecular weight is 196 g/mol. The highest BCUT2D eigenvalue weighted by Gasteiger charge is 2.39. The molecule has 0 aliphatic carbocycles. The van der Waals surface area contributed by atoms with E-state index in [0.717, 1.165) is 19.5 Å². The van der Waals surface area contributed by atoms with Gasteiger partial charge in [0.15, 0.2) is 0 Å². The number of likely N-dealkylation sites (N-methyl/N-ethyl adjacent to an activating group) is 1. The lowest BCUT2D eigenvalue weighted by Crippen LogP contribution is -2.43. The molecule has 0 N–H and O–H groups in total. The molecule has 2 fully saturated rings. The summed E-state index contributed by atoms with van der Waals surface area (Å²) in [6, 6.07) is 0.570. The Bertz CT molecular complexity index is 241. The monoisotopic (exact) mass is 196 g/mol. The lowest BCUT2D eigenvalue weighted by atomic mass is 10.0. The van der Waals surface area contributed by atoms with Gasteiger partial charge in [-0.25, -0.2) is 0 Å². The number of amides is 1. The minimum absolute atomic E-state index is 0.187. The van der Waals surface area contributed by atoms with Crippen LogP contribution in [0.5, 0.6) is 0 Å². The maximum absolute atomic E-state index is 12.1. The molecule has 1 amide bonds. The predicted octanol–water partition coefficient (Wildman–Crippen LogP) is 0.947. The van der Waals surface area contributed by atoms with Crippen LogP contribution in [0.15, 0.2) is 0 Å². The smallest absolute Gasteiger partial charge is 0.239 e. The second kappa shape index (κ2) is 3.54. The summed E-state index contributed by atoms with van der Waals surface area (Å²) in [5.74, 6) is 0.923. The van der Waals surface area contributed by atoms with E-state index in [1.807, 2.05) is 11.9 Å². The molecule has 2 saturated heterocycles. The Kier molecular flexibility index (Phi) is 2.52. The molecule has 0 aromatic heterocycles. The first-order chi connectivity index (χ1) is 6.61. The van der Waals surface area contributed by atoms with E-state index in [2.05, 4.69) is 18.7 Å². The highest BCUT2D eigenvalue weighted by atomic mass is 16.2. The first-order valence-corrected chi connectivity index (χ1v) is 5.62. The van der Waals surface area contributed by atoms with Gasteiger partial charge in [0.05, 0.1) is 6.04 Å². The van der Waals surface area contributed by atoms with Crippen molar-refractivity contribution in [3.63, 3.8) is 0 Å². The third-order valence-electron chi connectivity index (χ3n) is 3.95. The van der Waals surface area contributed by atoms with Crippen LogP contribution in [0.25, 0.3) is 0 Å². The second-order valence-electron chi connectivity index (χ2n) is 4.82. The SMILES string of the molecule is C[C@H]1CN2CCC[C@H]2C(=O)N(C)[C@H]1C. The molecule has 3 atom stereocenters. The molecular weight excluding hydrogens is 176 g/mol. The first-order valence-electron chi connectivity index (χ1n) is 5.62. The Balaban J connectivity index is 2.22. The van der Waals surface area contributed by atoms with Crippen molar-refractivity contribution < 1.29 is 4.79 Å². The molecule has 14 heavy (non-hydrogen) atoms. The van der Waals surface area contributed by atoms with Crippen LogP contribution in [0.1, 0.15) is 26.7 Å². The number of hydrogen-bond acceptors (Lipinski definition) is 2. The van der Waals surface area contributed by atoms with Crippen molar-refractivity contribution in [2.45, 2.75) is 38.8 Å². The maximum atomic E-state index is 12.1. The predicted molar refractivity (Wildman–Crippen MR) is 56.0 cm³/mol. The van der Waals surface area contributed by atoms with Crippen LogP contribution in [0, 0.1) is 5.92 Å². The summed E-state index contributed by atoms with van der Waals surface area (Å²) in [7, 11) is 1.95. The highest BCUT2D eigenvalue weighted by Crippen LogP contribution is 2.26. The molecular formula is C11H20N2O. The van der Waals surface area contributed by atoms with Crippen molar-refractivity contribution >= 4 is 5.91 Å². The van der Waals surface area contributed by atoms with Crippen LogP contribution in [-0.2, 0) is 4.79 Å². The topological polar surface area (TPSA) is 23.6 Å². The number of rotatable bonds is 0. The Morgan fingerprint density at radius 1 is 1.36 bits per heavy atom. The van der Waals surface area contributed by atoms with E-state index in [9.17, 15) is 4.79 Å². The molecule has 3 nitrogen and oxygen atoms in total. The Labute approximate surface area is 86.1 Å². The van der Waals surface area contributed by atoms with Gasteiger partial charge < -0.3 is 4.90 Å². The number of fused-ring (bicyclic) bond motifs is 1. The number of nitrogens with zero attached hydrogens (tertiary/aromatic N) is 2. The number of carbonyl (C=O) groups excluding carboxylic acids is 1. The summed E-state index contributed by atoms with van der Waals surface area (Å²) in [5, 5.41) is 0. The number of hydrogen-bond donors (Lipinski definition) is 0. The van der Waals surface area contributed by atoms with E-state index in [-0.39, 0.29) is 6.04 Å². The van der Waals surface area contributed by atoms with Gasteiger partial charge in [-0.05, 0) is 32.2 Å². The molecule has 2 aliphatic rings. The summed E-state index contributed by atoms with van der Waals surface area (Å²) in [5.41, 5.74) is 0. The van der Waals surface area contributed by atoms with E-state index >= 15 is 0 Å². The van der Waals surface area contributed by atoms with Gasteiger partial charge in [0.25, 0.3) is 0 Å². The minimum Gasteiger partial charge on any atom is -0.341 e. The minimum atomic E-state index is 0.187. The van der Waals surface area contributed by atoms with Crippen molar-refractivity contribution in [3.8, 4) is 0 Å². The molecule has 0 radical (unpaired) electrons. The van der Waals surface area contributed by atoms with E-state index in [1.165, 1.54) is 6.42 Å². The molecule has 0 aromatic carbocycles. The van der Waals surface area contributed by atoms with Gasteiger partial charge in [0, 0.05) is 19.6 Å². The van der Waals surface area contributed by atoms with E-state index in [1.54, 1.807) is 0 Å². The third kappa shape index (κ3) is 1.44. The molecule has 0 aromatic rings. The van der Waals surface area contributed by atoms with Crippen LogP contribution in [-0.4, -0.2) is 47.9 Å². The van der Waals surface area contributed by atoms with Gasteiger partial charge in [0.1, 0.15) is 0 Å². The Hall–Kier alpha value is -0.570. The van der Waals surface area contributed by atoms with Crippen LogP contribution in [0.4, 0.5) is 0 Å². The summed E-state index contributed by atoms with van der Waals surface area (Å²) in [6.07, 6.45) is 2.24. The van der Waals surface area contributed by atoms with Crippen LogP contribution in [0.3, 0.4) is 0 Å². The van der Waals surface area contributed by atoms with E-state index in [4.69, 9.17) is 0 Å². The zero-order chi connectivity index (χ0) is 10.3. The largest absolute Gasteiger partial charge is 0.341 e. The molecule has 2 rings (SSSR count). The zero-order valence-corrected chi connectivity index (χ0v) is 9.36. The van der Waals surface area contributed by atoms with Gasteiger partial charge in [-0.2, -0.15) is 0 Å².